The number of hydrogen-bond acceptors (Lipinski definition) is 3. The highest BCUT2D eigenvalue weighted by atomic mass is 127. The van der Waals surface area contributed by atoms with Gasteiger partial charge in [0.05, 0.1) is 22.9 Å². The predicted molar refractivity (Wildman–Crippen MR) is 47.3 cm³/mol. The number of nitrogens with one attached hydrogen (secondary N) is 1. The summed E-state index contributed by atoms with van der Waals surface area (Å²) in [6.07, 6.45) is 0. The van der Waals surface area contributed by atoms with Crippen molar-refractivity contribution in [3.8, 4) is 0 Å². The molecule has 0 unspecified atom stereocenters. The third kappa shape index (κ3) is 2.78. The largest absolute Gasteiger partial charge is 0.332 e. The second-order valence-electron chi connectivity index (χ2n) is 1.39. The van der Waals surface area contributed by atoms with E-state index in [0.29, 0.717) is 0 Å². The average Bonchev–Trinajstić information content (AvgIpc) is 1.84. The van der Waals surface area contributed by atoms with Crippen molar-refractivity contribution in [3.05, 3.63) is 10.6 Å². The Morgan fingerprint density at radius 2 is 2.12 bits per heavy atom. The molecule has 0 radical (unpaired) electrons. The van der Waals surface area contributed by atoms with Crippen molar-refractivity contribution in [1.29, 1.82) is 0 Å². The summed E-state index contributed by atoms with van der Waals surface area (Å²) >= 11 is 3.35. The summed E-state index contributed by atoms with van der Waals surface area (Å²) < 4.78 is 2.96. The lowest BCUT2D eigenvalue weighted by Gasteiger charge is -1.99. The number of halogens is 1. The maximum absolute atomic E-state index is 5.26. The first-order valence-corrected chi connectivity index (χ1v) is 4.09. The SMILES string of the molecule is C/C(NI)=C(\C)SN. The Labute approximate surface area is 67.9 Å². The molecule has 48 valence electrons. The molecule has 3 N–H and O–H groups in total. The van der Waals surface area contributed by atoms with Crippen molar-refractivity contribution in [2.45, 2.75) is 13.8 Å². The molecule has 4 heteroatoms. The van der Waals surface area contributed by atoms with E-state index < -0.39 is 0 Å². The van der Waals surface area contributed by atoms with Gasteiger partial charge in [-0.15, -0.1) is 0 Å². The first-order chi connectivity index (χ1) is 3.72. The van der Waals surface area contributed by atoms with Crippen molar-refractivity contribution >= 4 is 34.8 Å². The van der Waals surface area contributed by atoms with Crippen LogP contribution in [0.5, 0.6) is 0 Å². The normalized spacial score (nSPS) is 13.0. The van der Waals surface area contributed by atoms with Crippen LogP contribution in [-0.4, -0.2) is 0 Å². The fraction of sp³-hybridized carbons (Fsp3) is 0.500. The maximum Gasteiger partial charge on any atom is 0.0557 e. The molecule has 0 saturated heterocycles. The molecule has 0 aromatic rings. The number of rotatable bonds is 2. The number of nitrogens with two attached hydrogens (primary N) is 1. The number of allylic oxidation sites excluding steroid dienone is 2. The average molecular weight is 244 g/mol. The Bertz CT molecular complexity index is 90.2. The van der Waals surface area contributed by atoms with Crippen LogP contribution in [0.15, 0.2) is 10.6 Å². The fourth-order valence-electron chi connectivity index (χ4n) is 0.155. The fourth-order valence-corrected chi connectivity index (χ4v) is 0.970. The van der Waals surface area contributed by atoms with E-state index in [-0.39, 0.29) is 0 Å². The maximum atomic E-state index is 5.26. The third-order valence-corrected chi connectivity index (χ3v) is 2.32. The summed E-state index contributed by atoms with van der Waals surface area (Å²) in [6, 6.07) is 0. The summed E-state index contributed by atoms with van der Waals surface area (Å²) in [5, 5.41) is 5.26. The van der Waals surface area contributed by atoms with Gasteiger partial charge in [-0.25, -0.2) is 0 Å². The highest BCUT2D eigenvalue weighted by molar-refractivity contribution is 14.1. The molecular formula is C4H9IN2S. The topological polar surface area (TPSA) is 38.0 Å². The first kappa shape index (κ1) is 8.58. The lowest BCUT2D eigenvalue weighted by Crippen LogP contribution is -1.95. The van der Waals surface area contributed by atoms with Crippen molar-refractivity contribution in [3.63, 3.8) is 0 Å². The van der Waals surface area contributed by atoms with E-state index in [1.165, 1.54) is 11.9 Å². The first-order valence-electron chi connectivity index (χ1n) is 2.13. The van der Waals surface area contributed by atoms with Crippen molar-refractivity contribution in [2.24, 2.45) is 5.14 Å². The molecular weight excluding hydrogens is 235 g/mol. The molecule has 0 atom stereocenters. The molecule has 0 bridgehead atoms. The van der Waals surface area contributed by atoms with Crippen LogP contribution in [0.25, 0.3) is 0 Å². The van der Waals surface area contributed by atoms with Crippen molar-refractivity contribution < 1.29 is 0 Å². The molecule has 8 heavy (non-hydrogen) atoms. The van der Waals surface area contributed by atoms with E-state index >= 15 is 0 Å². The van der Waals surface area contributed by atoms with Gasteiger partial charge in [0.15, 0.2) is 0 Å². The summed E-state index contributed by atoms with van der Waals surface area (Å²) in [5.74, 6) is 0. The zero-order valence-electron chi connectivity index (χ0n) is 4.86. The molecule has 0 aromatic heterocycles. The van der Waals surface area contributed by atoms with Gasteiger partial charge in [-0.2, -0.15) is 0 Å². The van der Waals surface area contributed by atoms with Gasteiger partial charge in [-0.3, -0.25) is 5.14 Å². The third-order valence-electron chi connectivity index (χ3n) is 0.847. The number of hydrogen-bond donors (Lipinski definition) is 2. The summed E-state index contributed by atoms with van der Waals surface area (Å²) in [4.78, 5) is 1.12. The Morgan fingerprint density at radius 1 is 1.62 bits per heavy atom. The Morgan fingerprint density at radius 3 is 2.25 bits per heavy atom. The molecule has 0 saturated carbocycles. The van der Waals surface area contributed by atoms with Gasteiger partial charge in [-0.05, 0) is 13.8 Å². The summed E-state index contributed by atoms with van der Waals surface area (Å²) in [7, 11) is 0. The van der Waals surface area contributed by atoms with Gasteiger partial charge in [0.25, 0.3) is 0 Å². The standard InChI is InChI=1S/C4H9IN2S/c1-3(7-5)4(2)8-6/h7H,6H2,1-2H3/b4-3-. The van der Waals surface area contributed by atoms with Crippen LogP contribution >= 0.6 is 34.8 Å². The van der Waals surface area contributed by atoms with Gasteiger partial charge in [0.2, 0.25) is 0 Å². The molecule has 0 aliphatic rings. The molecule has 0 rings (SSSR count). The van der Waals surface area contributed by atoms with E-state index in [9.17, 15) is 0 Å². The molecule has 0 heterocycles. The second kappa shape index (κ2) is 4.46. The lowest BCUT2D eigenvalue weighted by atomic mass is 10.5. The van der Waals surface area contributed by atoms with E-state index in [0.717, 1.165) is 10.6 Å². The van der Waals surface area contributed by atoms with Crippen molar-refractivity contribution in [1.82, 2.24) is 3.53 Å². The van der Waals surface area contributed by atoms with E-state index in [4.69, 9.17) is 5.14 Å². The highest BCUT2D eigenvalue weighted by Gasteiger charge is 1.89. The highest BCUT2D eigenvalue weighted by Crippen LogP contribution is 2.10. The smallest absolute Gasteiger partial charge is 0.0557 e. The Kier molecular flexibility index (Phi) is 4.78. The lowest BCUT2D eigenvalue weighted by molar-refractivity contribution is 1.22. The molecule has 0 amide bonds. The van der Waals surface area contributed by atoms with Crippen LogP contribution in [0.1, 0.15) is 13.8 Å². The van der Waals surface area contributed by atoms with Crippen LogP contribution < -0.4 is 8.67 Å². The summed E-state index contributed by atoms with van der Waals surface area (Å²) in [5.41, 5.74) is 1.12. The second-order valence-corrected chi connectivity index (χ2v) is 2.78. The van der Waals surface area contributed by atoms with Gasteiger partial charge in [-0.1, -0.05) is 11.9 Å². The molecule has 2 nitrogen and oxygen atoms in total. The zero-order valence-corrected chi connectivity index (χ0v) is 7.84. The van der Waals surface area contributed by atoms with Crippen LogP contribution in [-0.2, 0) is 0 Å². The monoisotopic (exact) mass is 244 g/mol. The Hall–Kier alpha value is 0.580. The van der Waals surface area contributed by atoms with E-state index in [2.05, 4.69) is 26.4 Å². The molecule has 0 fully saturated rings. The van der Waals surface area contributed by atoms with Gasteiger partial charge in [0.1, 0.15) is 0 Å². The Balaban J connectivity index is 3.83. The molecule has 0 aliphatic carbocycles. The molecule has 0 spiro atoms. The van der Waals surface area contributed by atoms with Crippen LogP contribution in [0.3, 0.4) is 0 Å². The summed E-state index contributed by atoms with van der Waals surface area (Å²) in [6.45, 7) is 3.97. The van der Waals surface area contributed by atoms with Gasteiger partial charge < -0.3 is 3.53 Å². The molecule has 0 aromatic carbocycles. The van der Waals surface area contributed by atoms with Gasteiger partial charge >= 0.3 is 0 Å². The van der Waals surface area contributed by atoms with E-state index in [1.807, 2.05) is 13.8 Å². The predicted octanol–water partition coefficient (Wildman–Crippen LogP) is 1.78. The van der Waals surface area contributed by atoms with Gasteiger partial charge in [0, 0.05) is 10.6 Å². The van der Waals surface area contributed by atoms with Crippen LogP contribution in [0.2, 0.25) is 0 Å². The van der Waals surface area contributed by atoms with E-state index in [1.54, 1.807) is 0 Å². The zero-order chi connectivity index (χ0) is 6.57. The minimum atomic E-state index is 1.12. The van der Waals surface area contributed by atoms with Crippen LogP contribution in [0, 0.1) is 0 Å². The van der Waals surface area contributed by atoms with Crippen molar-refractivity contribution in [2.75, 3.05) is 0 Å². The molecule has 0 aliphatic heterocycles. The quantitative estimate of drug-likeness (QED) is 0.441. The minimum absolute atomic E-state index is 1.12. The van der Waals surface area contributed by atoms with Crippen LogP contribution in [0.4, 0.5) is 0 Å². The minimum Gasteiger partial charge on any atom is -0.332 e.